The standard InChI is InChI=1S/C18H15ClFNO4/c1-24-21-17(18(22)23)15-8-3-2-6-13(15)11-25-14-7-4-5-12(9-14)10-16(19)20/h2-10H,11H2,1H3,(H,22,23). The SMILES string of the molecule is CON=C(C(=O)O)c1ccccc1COc1cccc(C=C(F)Cl)c1. The minimum absolute atomic E-state index is 0.0999. The van der Waals surface area contributed by atoms with Gasteiger partial charge in [-0.15, -0.1) is 0 Å². The summed E-state index contributed by atoms with van der Waals surface area (Å²) in [4.78, 5) is 16.0. The maximum Gasteiger partial charge on any atom is 0.358 e. The monoisotopic (exact) mass is 363 g/mol. The Kier molecular flexibility index (Phi) is 6.54. The van der Waals surface area contributed by atoms with Gasteiger partial charge in [-0.05, 0) is 29.3 Å². The summed E-state index contributed by atoms with van der Waals surface area (Å²) in [6.45, 7) is 0.0999. The normalized spacial score (nSPS) is 12.0. The summed E-state index contributed by atoms with van der Waals surface area (Å²) in [7, 11) is 1.27. The van der Waals surface area contributed by atoms with E-state index in [2.05, 4.69) is 9.99 Å². The van der Waals surface area contributed by atoms with Gasteiger partial charge in [-0.3, -0.25) is 0 Å². The number of carboxylic acid groups (broad SMARTS) is 1. The molecule has 1 N–H and O–H groups in total. The molecular formula is C18H15ClFNO4. The smallest absolute Gasteiger partial charge is 0.358 e. The summed E-state index contributed by atoms with van der Waals surface area (Å²) < 4.78 is 18.4. The molecule has 0 saturated carbocycles. The lowest BCUT2D eigenvalue weighted by atomic mass is 10.0. The van der Waals surface area contributed by atoms with Crippen molar-refractivity contribution in [3.8, 4) is 5.75 Å². The average molecular weight is 364 g/mol. The van der Waals surface area contributed by atoms with Gasteiger partial charge in [0.15, 0.2) is 11.0 Å². The molecule has 0 unspecified atom stereocenters. The van der Waals surface area contributed by atoms with Crippen molar-refractivity contribution in [3.63, 3.8) is 0 Å². The third kappa shape index (κ3) is 5.32. The van der Waals surface area contributed by atoms with E-state index in [1.807, 2.05) is 0 Å². The Hall–Kier alpha value is -2.86. The average Bonchev–Trinajstić information content (AvgIpc) is 2.58. The van der Waals surface area contributed by atoms with Crippen LogP contribution in [0.3, 0.4) is 0 Å². The van der Waals surface area contributed by atoms with Crippen molar-refractivity contribution in [3.05, 3.63) is 70.5 Å². The van der Waals surface area contributed by atoms with Crippen LogP contribution in [-0.4, -0.2) is 23.9 Å². The number of halogens is 2. The fourth-order valence-corrected chi connectivity index (χ4v) is 2.28. The van der Waals surface area contributed by atoms with E-state index in [9.17, 15) is 14.3 Å². The van der Waals surface area contributed by atoms with E-state index in [-0.39, 0.29) is 12.3 Å². The van der Waals surface area contributed by atoms with Crippen LogP contribution in [0.2, 0.25) is 0 Å². The Balaban J connectivity index is 2.23. The molecule has 0 aliphatic rings. The molecule has 0 atom stereocenters. The Bertz CT molecular complexity index is 816. The molecule has 0 radical (unpaired) electrons. The Morgan fingerprint density at radius 2 is 2.04 bits per heavy atom. The molecule has 0 saturated heterocycles. The van der Waals surface area contributed by atoms with Crippen molar-refractivity contribution >= 4 is 29.4 Å². The predicted octanol–water partition coefficient (Wildman–Crippen LogP) is 4.21. The molecule has 2 aromatic rings. The van der Waals surface area contributed by atoms with Crippen LogP contribution >= 0.6 is 11.6 Å². The molecule has 0 aliphatic heterocycles. The zero-order chi connectivity index (χ0) is 18.2. The molecule has 0 amide bonds. The molecule has 2 aromatic carbocycles. The fourth-order valence-electron chi connectivity index (χ4n) is 2.15. The maximum absolute atomic E-state index is 12.8. The van der Waals surface area contributed by atoms with Gasteiger partial charge in [0, 0.05) is 5.56 Å². The van der Waals surface area contributed by atoms with Crippen LogP contribution in [0.4, 0.5) is 4.39 Å². The van der Waals surface area contributed by atoms with Crippen LogP contribution < -0.4 is 4.74 Å². The van der Waals surface area contributed by atoms with Gasteiger partial charge in [0.05, 0.1) is 0 Å². The first-order valence-corrected chi connectivity index (χ1v) is 7.57. The highest BCUT2D eigenvalue weighted by Crippen LogP contribution is 2.20. The summed E-state index contributed by atoms with van der Waals surface area (Å²) in [5.41, 5.74) is 1.33. The third-order valence-corrected chi connectivity index (χ3v) is 3.29. The first-order valence-electron chi connectivity index (χ1n) is 7.19. The molecule has 0 bridgehead atoms. The summed E-state index contributed by atoms with van der Waals surface area (Å²) in [6.07, 6.45) is 1.16. The van der Waals surface area contributed by atoms with Crippen molar-refractivity contribution in [1.29, 1.82) is 0 Å². The number of hydrogen-bond donors (Lipinski definition) is 1. The highest BCUT2D eigenvalue weighted by Gasteiger charge is 2.17. The molecule has 0 spiro atoms. The first kappa shape index (κ1) is 18.5. The number of nitrogens with zero attached hydrogens (tertiary/aromatic N) is 1. The van der Waals surface area contributed by atoms with Gasteiger partial charge >= 0.3 is 5.97 Å². The van der Waals surface area contributed by atoms with Crippen LogP contribution in [-0.2, 0) is 16.2 Å². The highest BCUT2D eigenvalue weighted by atomic mass is 35.5. The number of ether oxygens (including phenoxy) is 1. The number of rotatable bonds is 7. The number of benzene rings is 2. The zero-order valence-electron chi connectivity index (χ0n) is 13.3. The summed E-state index contributed by atoms with van der Waals surface area (Å²) >= 11 is 5.23. The van der Waals surface area contributed by atoms with E-state index in [0.29, 0.717) is 22.4 Å². The Morgan fingerprint density at radius 1 is 1.28 bits per heavy atom. The second kappa shape index (κ2) is 8.84. The molecule has 7 heteroatoms. The van der Waals surface area contributed by atoms with Gasteiger partial charge in [0.2, 0.25) is 0 Å². The molecule has 5 nitrogen and oxygen atoms in total. The molecule has 0 fully saturated rings. The molecule has 0 aromatic heterocycles. The van der Waals surface area contributed by atoms with E-state index in [4.69, 9.17) is 16.3 Å². The summed E-state index contributed by atoms with van der Waals surface area (Å²) in [5, 5.41) is 12.0. The lowest BCUT2D eigenvalue weighted by molar-refractivity contribution is -0.129. The summed E-state index contributed by atoms with van der Waals surface area (Å²) in [6, 6.07) is 13.5. The topological polar surface area (TPSA) is 68.1 Å². The first-order chi connectivity index (χ1) is 12.0. The van der Waals surface area contributed by atoms with Crippen molar-refractivity contribution < 1.29 is 23.9 Å². The Labute approximate surface area is 148 Å². The summed E-state index contributed by atoms with van der Waals surface area (Å²) in [5.74, 6) is -0.721. The number of carboxylic acids is 1. The van der Waals surface area contributed by atoms with E-state index >= 15 is 0 Å². The van der Waals surface area contributed by atoms with Gasteiger partial charge in [-0.2, -0.15) is 4.39 Å². The van der Waals surface area contributed by atoms with Gasteiger partial charge in [0.25, 0.3) is 0 Å². The molecular weight excluding hydrogens is 349 g/mol. The van der Waals surface area contributed by atoms with E-state index in [1.165, 1.54) is 7.11 Å². The Morgan fingerprint density at radius 3 is 2.72 bits per heavy atom. The minimum atomic E-state index is -1.21. The van der Waals surface area contributed by atoms with E-state index in [1.54, 1.807) is 48.5 Å². The van der Waals surface area contributed by atoms with Crippen molar-refractivity contribution in [1.82, 2.24) is 0 Å². The van der Waals surface area contributed by atoms with Crippen molar-refractivity contribution in [2.45, 2.75) is 6.61 Å². The lowest BCUT2D eigenvalue weighted by Crippen LogP contribution is -2.17. The molecule has 2 rings (SSSR count). The van der Waals surface area contributed by atoms with Crippen LogP contribution in [0, 0.1) is 0 Å². The second-order valence-corrected chi connectivity index (χ2v) is 5.24. The number of carbonyl (C=O) groups is 1. The van der Waals surface area contributed by atoms with Gasteiger partial charge < -0.3 is 14.7 Å². The van der Waals surface area contributed by atoms with Crippen LogP contribution in [0.5, 0.6) is 5.75 Å². The zero-order valence-corrected chi connectivity index (χ0v) is 14.0. The minimum Gasteiger partial charge on any atom is -0.489 e. The number of oxime groups is 1. The third-order valence-electron chi connectivity index (χ3n) is 3.19. The number of aliphatic carboxylic acids is 1. The highest BCUT2D eigenvalue weighted by molar-refractivity contribution is 6.42. The molecule has 130 valence electrons. The van der Waals surface area contributed by atoms with Gasteiger partial charge in [-0.1, -0.05) is 53.2 Å². The predicted molar refractivity (Wildman–Crippen MR) is 93.3 cm³/mol. The van der Waals surface area contributed by atoms with Crippen LogP contribution in [0.15, 0.2) is 59.0 Å². The van der Waals surface area contributed by atoms with E-state index < -0.39 is 11.3 Å². The largest absolute Gasteiger partial charge is 0.489 e. The van der Waals surface area contributed by atoms with Gasteiger partial charge in [-0.25, -0.2) is 4.79 Å². The van der Waals surface area contributed by atoms with Gasteiger partial charge in [0.1, 0.15) is 19.5 Å². The van der Waals surface area contributed by atoms with Crippen LogP contribution in [0.25, 0.3) is 6.08 Å². The van der Waals surface area contributed by atoms with Crippen LogP contribution in [0.1, 0.15) is 16.7 Å². The van der Waals surface area contributed by atoms with Crippen molar-refractivity contribution in [2.24, 2.45) is 5.16 Å². The second-order valence-electron chi connectivity index (χ2n) is 4.88. The van der Waals surface area contributed by atoms with Crippen molar-refractivity contribution in [2.75, 3.05) is 7.11 Å². The maximum atomic E-state index is 12.8. The quantitative estimate of drug-likeness (QED) is 0.591. The number of hydrogen-bond acceptors (Lipinski definition) is 4. The molecule has 0 heterocycles. The molecule has 25 heavy (non-hydrogen) atoms. The lowest BCUT2D eigenvalue weighted by Gasteiger charge is -2.11. The van der Waals surface area contributed by atoms with E-state index in [0.717, 1.165) is 6.08 Å². The fraction of sp³-hybridized carbons (Fsp3) is 0.111. The molecule has 0 aliphatic carbocycles.